The minimum absolute atomic E-state index is 0.0648. The van der Waals surface area contributed by atoms with Gasteiger partial charge in [-0.2, -0.15) is 0 Å². The van der Waals surface area contributed by atoms with E-state index in [1.165, 1.54) is 25.7 Å². The molecule has 2 heterocycles. The van der Waals surface area contributed by atoms with Crippen LogP contribution in [-0.2, 0) is 0 Å². The number of hydrogen-bond donors (Lipinski definition) is 1. The minimum atomic E-state index is -0.0648. The average molecular weight is 247 g/mol. The van der Waals surface area contributed by atoms with Gasteiger partial charge in [-0.3, -0.25) is 15.2 Å². The van der Waals surface area contributed by atoms with E-state index in [9.17, 15) is 4.79 Å². The number of piperidine rings is 1. The summed E-state index contributed by atoms with van der Waals surface area (Å²) in [6, 6.07) is 3.54. The van der Waals surface area contributed by atoms with E-state index < -0.39 is 0 Å². The maximum Gasteiger partial charge on any atom is 0.267 e. The standard InChI is InChI=1S/C11H15N3O.C3H6/c15-11(10-5-4-6-12-9-10)13-14-7-2-1-3-8-14;1-2-3-1/h4-6,9H,1-3,7-8H2,(H,13,15);1-3H2. The highest BCUT2D eigenvalue weighted by atomic mass is 16.2. The van der Waals surface area contributed by atoms with E-state index in [1.54, 1.807) is 24.5 Å². The third-order valence-electron chi connectivity index (χ3n) is 2.89. The first-order valence-corrected chi connectivity index (χ1v) is 6.82. The van der Waals surface area contributed by atoms with Gasteiger partial charge in [-0.05, 0) is 25.0 Å². The molecule has 0 spiro atoms. The van der Waals surface area contributed by atoms with E-state index in [0.717, 1.165) is 25.9 Å². The summed E-state index contributed by atoms with van der Waals surface area (Å²) in [4.78, 5) is 15.6. The predicted octanol–water partition coefficient (Wildman–Crippen LogP) is 2.38. The number of carbonyl (C=O) groups excluding carboxylic acids is 1. The lowest BCUT2D eigenvalue weighted by atomic mass is 10.2. The second kappa shape index (κ2) is 7.11. The van der Waals surface area contributed by atoms with E-state index in [1.807, 2.05) is 5.01 Å². The molecule has 4 heteroatoms. The third-order valence-corrected chi connectivity index (χ3v) is 2.89. The second-order valence-corrected chi connectivity index (χ2v) is 4.79. The zero-order valence-corrected chi connectivity index (χ0v) is 10.8. The van der Waals surface area contributed by atoms with Crippen LogP contribution < -0.4 is 5.43 Å². The Hall–Kier alpha value is -1.42. The van der Waals surface area contributed by atoms with Gasteiger partial charge in [0.25, 0.3) is 5.91 Å². The molecule has 1 saturated heterocycles. The molecular formula is C14H21N3O. The van der Waals surface area contributed by atoms with Gasteiger partial charge in [0, 0.05) is 25.5 Å². The molecule has 98 valence electrons. The summed E-state index contributed by atoms with van der Waals surface area (Å²) in [5.41, 5.74) is 3.50. The average Bonchev–Trinajstić information content (AvgIpc) is 3.29. The molecule has 1 N–H and O–H groups in total. The SMILES string of the molecule is C1CC1.O=C(NN1CCCCC1)c1cccnc1. The van der Waals surface area contributed by atoms with Crippen molar-refractivity contribution in [2.75, 3.05) is 13.1 Å². The highest BCUT2D eigenvalue weighted by molar-refractivity contribution is 5.93. The molecule has 1 aliphatic carbocycles. The maximum atomic E-state index is 11.7. The number of rotatable bonds is 2. The topological polar surface area (TPSA) is 45.2 Å². The predicted molar refractivity (Wildman–Crippen MR) is 71.0 cm³/mol. The molecule has 2 fully saturated rings. The van der Waals surface area contributed by atoms with Gasteiger partial charge < -0.3 is 0 Å². The molecule has 0 aromatic carbocycles. The number of nitrogens with one attached hydrogen (secondary N) is 1. The van der Waals surface area contributed by atoms with Crippen LogP contribution in [0.15, 0.2) is 24.5 Å². The summed E-state index contributed by atoms with van der Waals surface area (Å²) >= 11 is 0. The van der Waals surface area contributed by atoms with Crippen molar-refractivity contribution in [3.05, 3.63) is 30.1 Å². The van der Waals surface area contributed by atoms with Crippen LogP contribution in [0.2, 0.25) is 0 Å². The van der Waals surface area contributed by atoms with Crippen LogP contribution in [0.4, 0.5) is 0 Å². The molecule has 1 aromatic rings. The molecule has 18 heavy (non-hydrogen) atoms. The van der Waals surface area contributed by atoms with E-state index in [0.29, 0.717) is 5.56 Å². The smallest absolute Gasteiger partial charge is 0.267 e. The van der Waals surface area contributed by atoms with Gasteiger partial charge in [-0.25, -0.2) is 5.01 Å². The Bertz CT molecular complexity index is 356. The lowest BCUT2D eigenvalue weighted by molar-refractivity contribution is 0.0749. The van der Waals surface area contributed by atoms with E-state index >= 15 is 0 Å². The zero-order chi connectivity index (χ0) is 12.6. The van der Waals surface area contributed by atoms with Gasteiger partial charge in [0.15, 0.2) is 0 Å². The Morgan fingerprint density at radius 1 is 1.11 bits per heavy atom. The van der Waals surface area contributed by atoms with Crippen LogP contribution in [0, 0.1) is 0 Å². The molecule has 3 rings (SSSR count). The number of nitrogens with zero attached hydrogens (tertiary/aromatic N) is 2. The Morgan fingerprint density at radius 3 is 2.33 bits per heavy atom. The Balaban J connectivity index is 0.000000350. The van der Waals surface area contributed by atoms with Crippen molar-refractivity contribution >= 4 is 5.91 Å². The Kier molecular flexibility index (Phi) is 5.15. The van der Waals surface area contributed by atoms with Gasteiger partial charge in [0.05, 0.1) is 5.56 Å². The first-order valence-electron chi connectivity index (χ1n) is 6.82. The first-order chi connectivity index (χ1) is 8.86. The molecule has 0 radical (unpaired) electrons. The minimum Gasteiger partial charge on any atom is -0.285 e. The lowest BCUT2D eigenvalue weighted by Gasteiger charge is -2.26. The fourth-order valence-electron chi connectivity index (χ4n) is 1.71. The van der Waals surface area contributed by atoms with Gasteiger partial charge in [-0.1, -0.05) is 25.7 Å². The van der Waals surface area contributed by atoms with Crippen LogP contribution in [0.5, 0.6) is 0 Å². The largest absolute Gasteiger partial charge is 0.285 e. The number of hydrogen-bond acceptors (Lipinski definition) is 3. The molecule has 0 atom stereocenters. The van der Waals surface area contributed by atoms with Crippen LogP contribution >= 0.6 is 0 Å². The third kappa shape index (κ3) is 4.84. The van der Waals surface area contributed by atoms with Gasteiger partial charge >= 0.3 is 0 Å². The number of pyridine rings is 1. The van der Waals surface area contributed by atoms with Crippen molar-refractivity contribution in [2.24, 2.45) is 0 Å². The van der Waals surface area contributed by atoms with Crippen molar-refractivity contribution in [1.82, 2.24) is 15.4 Å². The second-order valence-electron chi connectivity index (χ2n) is 4.79. The molecule has 4 nitrogen and oxygen atoms in total. The molecule has 1 aliphatic heterocycles. The summed E-state index contributed by atoms with van der Waals surface area (Å²) in [5.74, 6) is -0.0648. The fraction of sp³-hybridized carbons (Fsp3) is 0.571. The molecular weight excluding hydrogens is 226 g/mol. The number of hydrazine groups is 1. The van der Waals surface area contributed by atoms with E-state index in [2.05, 4.69) is 10.4 Å². The number of aromatic nitrogens is 1. The van der Waals surface area contributed by atoms with Gasteiger partial charge in [0.1, 0.15) is 0 Å². The quantitative estimate of drug-likeness (QED) is 0.872. The number of amides is 1. The lowest BCUT2D eigenvalue weighted by Crippen LogP contribution is -2.45. The van der Waals surface area contributed by atoms with Gasteiger partial charge in [0.2, 0.25) is 0 Å². The summed E-state index contributed by atoms with van der Waals surface area (Å²) in [5, 5.41) is 1.98. The molecule has 2 aliphatic rings. The molecule has 0 unspecified atom stereocenters. The van der Waals surface area contributed by atoms with E-state index in [4.69, 9.17) is 0 Å². The normalized spacial score (nSPS) is 18.4. The molecule has 0 bridgehead atoms. The highest BCUT2D eigenvalue weighted by Gasteiger charge is 2.13. The maximum absolute atomic E-state index is 11.7. The summed E-state index contributed by atoms with van der Waals surface area (Å²) in [6.45, 7) is 1.90. The zero-order valence-electron chi connectivity index (χ0n) is 10.8. The monoisotopic (exact) mass is 247 g/mol. The van der Waals surface area contributed by atoms with Crippen LogP contribution in [-0.4, -0.2) is 29.0 Å². The van der Waals surface area contributed by atoms with Crippen LogP contribution in [0.1, 0.15) is 48.9 Å². The van der Waals surface area contributed by atoms with Crippen molar-refractivity contribution in [3.8, 4) is 0 Å². The molecule has 1 amide bonds. The first kappa shape index (κ1) is 13.0. The molecule has 1 saturated carbocycles. The van der Waals surface area contributed by atoms with Crippen molar-refractivity contribution in [2.45, 2.75) is 38.5 Å². The van der Waals surface area contributed by atoms with Crippen molar-refractivity contribution in [1.29, 1.82) is 0 Å². The van der Waals surface area contributed by atoms with E-state index in [-0.39, 0.29) is 5.91 Å². The van der Waals surface area contributed by atoms with Crippen molar-refractivity contribution < 1.29 is 4.79 Å². The Labute approximate surface area is 108 Å². The fourth-order valence-corrected chi connectivity index (χ4v) is 1.71. The van der Waals surface area contributed by atoms with Crippen molar-refractivity contribution in [3.63, 3.8) is 0 Å². The van der Waals surface area contributed by atoms with Gasteiger partial charge in [-0.15, -0.1) is 0 Å². The summed E-state index contributed by atoms with van der Waals surface area (Å²) in [6.07, 6.45) is 11.3. The summed E-state index contributed by atoms with van der Waals surface area (Å²) in [7, 11) is 0. The van der Waals surface area contributed by atoms with Crippen LogP contribution in [0.3, 0.4) is 0 Å². The molecule has 1 aromatic heterocycles. The number of carbonyl (C=O) groups is 1. The van der Waals surface area contributed by atoms with Crippen LogP contribution in [0.25, 0.3) is 0 Å². The summed E-state index contributed by atoms with van der Waals surface area (Å²) < 4.78 is 0. The highest BCUT2D eigenvalue weighted by Crippen LogP contribution is 2.14. The Morgan fingerprint density at radius 2 is 1.78 bits per heavy atom.